The van der Waals surface area contributed by atoms with Crippen molar-refractivity contribution in [1.82, 2.24) is 5.32 Å². The van der Waals surface area contributed by atoms with Crippen LogP contribution in [0.1, 0.15) is 37.9 Å². The van der Waals surface area contributed by atoms with Crippen LogP contribution in [0.15, 0.2) is 48.5 Å². The highest BCUT2D eigenvalue weighted by molar-refractivity contribution is 5.36. The van der Waals surface area contributed by atoms with Gasteiger partial charge >= 0.3 is 0 Å². The van der Waals surface area contributed by atoms with E-state index in [0.29, 0.717) is 6.04 Å². The molecular weight excluding hydrogens is 246 g/mol. The maximum Gasteiger partial charge on any atom is 0.127 e. The average molecular weight is 269 g/mol. The summed E-state index contributed by atoms with van der Waals surface area (Å²) < 4.78 is 5.96. The third-order valence-corrected chi connectivity index (χ3v) is 3.41. The Kier molecular flexibility index (Phi) is 5.19. The smallest absolute Gasteiger partial charge is 0.127 e. The van der Waals surface area contributed by atoms with Gasteiger partial charge in [-0.3, -0.25) is 0 Å². The molecule has 2 rings (SSSR count). The van der Waals surface area contributed by atoms with Crippen LogP contribution in [0.4, 0.5) is 0 Å². The molecule has 0 aromatic heterocycles. The van der Waals surface area contributed by atoms with Crippen LogP contribution in [0.25, 0.3) is 0 Å². The molecule has 2 nitrogen and oxygen atoms in total. The van der Waals surface area contributed by atoms with Crippen LogP contribution >= 0.6 is 0 Å². The van der Waals surface area contributed by atoms with Crippen LogP contribution in [-0.2, 0) is 6.42 Å². The molecule has 0 amide bonds. The van der Waals surface area contributed by atoms with E-state index in [9.17, 15) is 0 Å². The third kappa shape index (κ3) is 3.84. The molecule has 0 heterocycles. The molecule has 1 N–H and O–H groups in total. The van der Waals surface area contributed by atoms with Crippen molar-refractivity contribution < 1.29 is 4.74 Å². The first-order valence-electron chi connectivity index (χ1n) is 7.33. The van der Waals surface area contributed by atoms with Gasteiger partial charge in [0.1, 0.15) is 11.5 Å². The van der Waals surface area contributed by atoms with E-state index >= 15 is 0 Å². The van der Waals surface area contributed by atoms with Crippen molar-refractivity contribution in [2.75, 3.05) is 6.54 Å². The zero-order valence-corrected chi connectivity index (χ0v) is 12.5. The number of nitrogens with one attached hydrogen (secondary N) is 1. The van der Waals surface area contributed by atoms with Gasteiger partial charge in [-0.25, -0.2) is 0 Å². The Bertz CT molecular complexity index is 551. The molecule has 20 heavy (non-hydrogen) atoms. The zero-order chi connectivity index (χ0) is 14.4. The topological polar surface area (TPSA) is 21.3 Å². The molecule has 2 heteroatoms. The first-order valence-corrected chi connectivity index (χ1v) is 7.33. The van der Waals surface area contributed by atoms with E-state index in [1.165, 1.54) is 11.1 Å². The zero-order valence-electron chi connectivity index (χ0n) is 12.5. The minimum absolute atomic E-state index is 0.338. The van der Waals surface area contributed by atoms with Crippen LogP contribution in [0, 0.1) is 0 Å². The van der Waals surface area contributed by atoms with Crippen molar-refractivity contribution in [3.8, 4) is 11.5 Å². The summed E-state index contributed by atoms with van der Waals surface area (Å²) in [4.78, 5) is 0. The molecule has 106 valence electrons. The minimum atomic E-state index is 0.338. The van der Waals surface area contributed by atoms with Crippen molar-refractivity contribution in [3.63, 3.8) is 0 Å². The largest absolute Gasteiger partial charge is 0.457 e. The highest BCUT2D eigenvalue weighted by atomic mass is 16.5. The molecule has 0 fully saturated rings. The van der Waals surface area contributed by atoms with Crippen LogP contribution in [0.5, 0.6) is 11.5 Å². The predicted molar refractivity (Wildman–Crippen MR) is 84.4 cm³/mol. The van der Waals surface area contributed by atoms with Gasteiger partial charge in [-0.05, 0) is 55.3 Å². The molecule has 0 aliphatic rings. The summed E-state index contributed by atoms with van der Waals surface area (Å²) in [7, 11) is 0. The Morgan fingerprint density at radius 3 is 2.40 bits per heavy atom. The second kappa shape index (κ2) is 7.11. The second-order valence-corrected chi connectivity index (χ2v) is 4.95. The lowest BCUT2D eigenvalue weighted by atomic mass is 10.1. The van der Waals surface area contributed by atoms with E-state index in [4.69, 9.17) is 4.74 Å². The van der Waals surface area contributed by atoms with Crippen molar-refractivity contribution in [2.24, 2.45) is 0 Å². The third-order valence-electron chi connectivity index (χ3n) is 3.41. The minimum Gasteiger partial charge on any atom is -0.457 e. The summed E-state index contributed by atoms with van der Waals surface area (Å²) in [6.07, 6.45) is 1.02. The predicted octanol–water partition coefficient (Wildman–Crippen LogP) is 4.71. The monoisotopic (exact) mass is 269 g/mol. The average Bonchev–Trinajstić information content (AvgIpc) is 2.48. The standard InChI is InChI=1S/C18H23NO/c1-4-15-8-6-10-17(12-15)20-18-11-7-9-16(13-18)14(3)19-5-2/h6-14,19H,4-5H2,1-3H3. The summed E-state index contributed by atoms with van der Waals surface area (Å²) in [5.74, 6) is 1.79. The summed E-state index contributed by atoms with van der Waals surface area (Å²) in [5.41, 5.74) is 2.54. The number of aryl methyl sites for hydroxylation is 1. The first-order chi connectivity index (χ1) is 9.72. The van der Waals surface area contributed by atoms with Crippen molar-refractivity contribution in [2.45, 2.75) is 33.2 Å². The molecule has 2 aromatic rings. The van der Waals surface area contributed by atoms with Gasteiger partial charge in [-0.1, -0.05) is 38.1 Å². The summed E-state index contributed by atoms with van der Waals surface area (Å²) in [6.45, 7) is 7.40. The Hall–Kier alpha value is -1.80. The molecule has 0 saturated heterocycles. The Labute approximate surface area is 121 Å². The molecular formula is C18H23NO. The number of hydrogen-bond donors (Lipinski definition) is 1. The van der Waals surface area contributed by atoms with Crippen LogP contribution in [0.2, 0.25) is 0 Å². The molecule has 0 saturated carbocycles. The maximum absolute atomic E-state index is 5.96. The Balaban J connectivity index is 2.14. The molecule has 0 spiro atoms. The van der Waals surface area contributed by atoms with Gasteiger partial charge in [0, 0.05) is 6.04 Å². The normalized spacial score (nSPS) is 12.2. The number of hydrogen-bond acceptors (Lipinski definition) is 2. The maximum atomic E-state index is 5.96. The van der Waals surface area contributed by atoms with Gasteiger partial charge in [0.15, 0.2) is 0 Å². The van der Waals surface area contributed by atoms with E-state index < -0.39 is 0 Å². The van der Waals surface area contributed by atoms with Crippen molar-refractivity contribution in [3.05, 3.63) is 59.7 Å². The summed E-state index contributed by atoms with van der Waals surface area (Å²) >= 11 is 0. The van der Waals surface area contributed by atoms with E-state index in [2.05, 4.69) is 50.4 Å². The molecule has 2 aromatic carbocycles. The summed E-state index contributed by atoms with van der Waals surface area (Å²) in [6, 6.07) is 16.9. The first kappa shape index (κ1) is 14.6. The quantitative estimate of drug-likeness (QED) is 0.820. The van der Waals surface area contributed by atoms with E-state index in [-0.39, 0.29) is 0 Å². The lowest BCUT2D eigenvalue weighted by Crippen LogP contribution is -2.17. The van der Waals surface area contributed by atoms with Crippen LogP contribution in [-0.4, -0.2) is 6.54 Å². The van der Waals surface area contributed by atoms with Gasteiger partial charge in [-0.2, -0.15) is 0 Å². The van der Waals surface area contributed by atoms with Gasteiger partial charge < -0.3 is 10.1 Å². The highest BCUT2D eigenvalue weighted by Gasteiger charge is 2.05. The molecule has 0 aliphatic carbocycles. The molecule has 0 radical (unpaired) electrons. The molecule has 0 aliphatic heterocycles. The number of rotatable bonds is 6. The van der Waals surface area contributed by atoms with Crippen molar-refractivity contribution >= 4 is 0 Å². The van der Waals surface area contributed by atoms with Gasteiger partial charge in [0.25, 0.3) is 0 Å². The Morgan fingerprint density at radius 1 is 1.00 bits per heavy atom. The summed E-state index contributed by atoms with van der Waals surface area (Å²) in [5, 5.41) is 3.42. The second-order valence-electron chi connectivity index (χ2n) is 4.95. The molecule has 1 atom stereocenters. The fourth-order valence-electron chi connectivity index (χ4n) is 2.24. The molecule has 0 bridgehead atoms. The van der Waals surface area contributed by atoms with Crippen molar-refractivity contribution in [1.29, 1.82) is 0 Å². The number of ether oxygens (including phenoxy) is 1. The van der Waals surface area contributed by atoms with Gasteiger partial charge in [0.2, 0.25) is 0 Å². The van der Waals surface area contributed by atoms with E-state index in [1.807, 2.05) is 24.3 Å². The lowest BCUT2D eigenvalue weighted by molar-refractivity contribution is 0.479. The SMILES string of the molecule is CCNC(C)c1cccc(Oc2cccc(CC)c2)c1. The van der Waals surface area contributed by atoms with Gasteiger partial charge in [0.05, 0.1) is 0 Å². The van der Waals surface area contributed by atoms with Crippen LogP contribution < -0.4 is 10.1 Å². The number of benzene rings is 2. The van der Waals surface area contributed by atoms with E-state index in [0.717, 1.165) is 24.5 Å². The fourth-order valence-corrected chi connectivity index (χ4v) is 2.24. The highest BCUT2D eigenvalue weighted by Crippen LogP contribution is 2.25. The van der Waals surface area contributed by atoms with Crippen LogP contribution in [0.3, 0.4) is 0 Å². The lowest BCUT2D eigenvalue weighted by Gasteiger charge is -2.14. The van der Waals surface area contributed by atoms with Gasteiger partial charge in [-0.15, -0.1) is 0 Å². The fraction of sp³-hybridized carbons (Fsp3) is 0.333. The molecule has 1 unspecified atom stereocenters. The Morgan fingerprint density at radius 2 is 1.70 bits per heavy atom. The van der Waals surface area contributed by atoms with E-state index in [1.54, 1.807) is 0 Å².